The predicted octanol–water partition coefficient (Wildman–Crippen LogP) is 1.51. The third-order valence-corrected chi connectivity index (χ3v) is 2.91. The van der Waals surface area contributed by atoms with E-state index in [-0.39, 0.29) is 11.8 Å². The summed E-state index contributed by atoms with van der Waals surface area (Å²) < 4.78 is 5.07. The lowest BCUT2D eigenvalue weighted by Crippen LogP contribution is -2.48. The zero-order valence-electron chi connectivity index (χ0n) is 8.92. The molecule has 5 heteroatoms. The van der Waals surface area contributed by atoms with E-state index in [9.17, 15) is 4.79 Å². The molecular weight excluding hydrogens is 228 g/mol. The van der Waals surface area contributed by atoms with E-state index in [1.807, 2.05) is 0 Å². The van der Waals surface area contributed by atoms with Crippen molar-refractivity contribution in [3.63, 3.8) is 0 Å². The molecule has 0 aromatic heterocycles. The number of anilines is 1. The van der Waals surface area contributed by atoms with Crippen molar-refractivity contribution >= 4 is 23.2 Å². The van der Waals surface area contributed by atoms with Crippen LogP contribution >= 0.6 is 11.6 Å². The maximum Gasteiger partial charge on any atom is 0.230 e. The summed E-state index contributed by atoms with van der Waals surface area (Å²) in [7, 11) is 1.57. The number of ether oxygens (including phenoxy) is 1. The van der Waals surface area contributed by atoms with Crippen LogP contribution in [-0.4, -0.2) is 26.1 Å². The monoisotopic (exact) mass is 240 g/mol. The molecule has 1 fully saturated rings. The van der Waals surface area contributed by atoms with Crippen molar-refractivity contribution in [1.82, 2.24) is 5.32 Å². The Balaban J connectivity index is 2.09. The second-order valence-electron chi connectivity index (χ2n) is 3.69. The maximum atomic E-state index is 11.7. The summed E-state index contributed by atoms with van der Waals surface area (Å²) in [5.41, 5.74) is 0.595. The lowest BCUT2D eigenvalue weighted by Gasteiger charge is -2.26. The molecule has 1 aliphatic heterocycles. The highest BCUT2D eigenvalue weighted by Gasteiger charge is 2.25. The molecule has 2 rings (SSSR count). The van der Waals surface area contributed by atoms with Gasteiger partial charge in [-0.05, 0) is 12.1 Å². The highest BCUT2D eigenvalue weighted by atomic mass is 35.5. The van der Waals surface area contributed by atoms with Crippen molar-refractivity contribution in [3.05, 3.63) is 23.2 Å². The Kier molecular flexibility index (Phi) is 3.31. The van der Waals surface area contributed by atoms with Gasteiger partial charge in [0.15, 0.2) is 0 Å². The van der Waals surface area contributed by atoms with E-state index in [1.54, 1.807) is 25.3 Å². The zero-order chi connectivity index (χ0) is 11.5. The summed E-state index contributed by atoms with van der Waals surface area (Å²) in [6, 6.07) is 5.17. The number of hydrogen-bond donors (Lipinski definition) is 2. The number of hydrogen-bond acceptors (Lipinski definition) is 3. The number of benzene rings is 1. The molecule has 16 heavy (non-hydrogen) atoms. The largest absolute Gasteiger partial charge is 0.497 e. The van der Waals surface area contributed by atoms with Crippen LogP contribution in [0.2, 0.25) is 5.02 Å². The van der Waals surface area contributed by atoms with E-state index >= 15 is 0 Å². The van der Waals surface area contributed by atoms with Crippen molar-refractivity contribution < 1.29 is 9.53 Å². The van der Waals surface area contributed by atoms with Gasteiger partial charge < -0.3 is 15.4 Å². The molecule has 0 unspecified atom stereocenters. The molecule has 4 nitrogen and oxygen atoms in total. The molecular formula is C11H13ClN2O2. The fraction of sp³-hybridized carbons (Fsp3) is 0.364. The van der Waals surface area contributed by atoms with Crippen LogP contribution in [0.25, 0.3) is 0 Å². The first-order chi connectivity index (χ1) is 7.70. The van der Waals surface area contributed by atoms with Gasteiger partial charge in [0.1, 0.15) is 5.75 Å². The number of nitrogens with one attached hydrogen (secondary N) is 2. The van der Waals surface area contributed by atoms with Gasteiger partial charge in [-0.3, -0.25) is 4.79 Å². The van der Waals surface area contributed by atoms with Gasteiger partial charge in [0.2, 0.25) is 5.91 Å². The van der Waals surface area contributed by atoms with Crippen molar-refractivity contribution in [2.45, 2.75) is 0 Å². The summed E-state index contributed by atoms with van der Waals surface area (Å²) in [4.78, 5) is 11.7. The summed E-state index contributed by atoms with van der Waals surface area (Å²) in [5.74, 6) is 0.711. The summed E-state index contributed by atoms with van der Waals surface area (Å²) in [6.45, 7) is 1.46. The fourth-order valence-electron chi connectivity index (χ4n) is 1.44. The molecule has 0 atom stereocenters. The molecule has 0 bridgehead atoms. The standard InChI is InChI=1S/C11H13ClN2O2/c1-16-8-2-3-9(12)10(4-8)14-11(15)7-5-13-6-7/h2-4,7,13H,5-6H2,1H3,(H,14,15). The van der Waals surface area contributed by atoms with Crippen molar-refractivity contribution in [1.29, 1.82) is 0 Å². The molecule has 86 valence electrons. The first-order valence-electron chi connectivity index (χ1n) is 5.06. The average molecular weight is 241 g/mol. The van der Waals surface area contributed by atoms with Crippen molar-refractivity contribution in [2.75, 3.05) is 25.5 Å². The SMILES string of the molecule is COc1ccc(Cl)c(NC(=O)C2CNC2)c1. The molecule has 0 aliphatic carbocycles. The molecule has 0 spiro atoms. The summed E-state index contributed by atoms with van der Waals surface area (Å²) in [5, 5.41) is 6.36. The van der Waals surface area contributed by atoms with Crippen LogP contribution in [0, 0.1) is 5.92 Å². The number of methoxy groups -OCH3 is 1. The Morgan fingerprint density at radius 1 is 1.56 bits per heavy atom. The van der Waals surface area contributed by atoms with E-state index in [2.05, 4.69) is 10.6 Å². The van der Waals surface area contributed by atoms with Gasteiger partial charge in [-0.2, -0.15) is 0 Å². The van der Waals surface area contributed by atoms with Crippen LogP contribution in [0.15, 0.2) is 18.2 Å². The van der Waals surface area contributed by atoms with E-state index in [0.29, 0.717) is 16.5 Å². The second kappa shape index (κ2) is 4.72. The van der Waals surface area contributed by atoms with Gasteiger partial charge >= 0.3 is 0 Å². The Morgan fingerprint density at radius 2 is 2.31 bits per heavy atom. The molecule has 1 saturated heterocycles. The van der Waals surface area contributed by atoms with E-state index in [4.69, 9.17) is 16.3 Å². The number of carbonyl (C=O) groups is 1. The number of amides is 1. The van der Waals surface area contributed by atoms with Crippen molar-refractivity contribution in [2.24, 2.45) is 5.92 Å². The van der Waals surface area contributed by atoms with Gasteiger partial charge in [0, 0.05) is 19.2 Å². The van der Waals surface area contributed by atoms with Crippen LogP contribution in [0.1, 0.15) is 0 Å². The zero-order valence-corrected chi connectivity index (χ0v) is 9.67. The average Bonchev–Trinajstić information content (AvgIpc) is 2.18. The fourth-order valence-corrected chi connectivity index (χ4v) is 1.60. The normalized spacial score (nSPS) is 15.4. The first kappa shape index (κ1) is 11.2. The van der Waals surface area contributed by atoms with E-state index in [1.165, 1.54) is 0 Å². The van der Waals surface area contributed by atoms with E-state index in [0.717, 1.165) is 13.1 Å². The third kappa shape index (κ3) is 2.28. The minimum Gasteiger partial charge on any atom is -0.497 e. The molecule has 1 aliphatic rings. The van der Waals surface area contributed by atoms with Gasteiger partial charge in [-0.25, -0.2) is 0 Å². The van der Waals surface area contributed by atoms with Gasteiger partial charge in [-0.15, -0.1) is 0 Å². The predicted molar refractivity (Wildman–Crippen MR) is 63.0 cm³/mol. The Bertz CT molecular complexity index is 405. The van der Waals surface area contributed by atoms with Crippen molar-refractivity contribution in [3.8, 4) is 5.75 Å². The Hall–Kier alpha value is -1.26. The van der Waals surface area contributed by atoms with Gasteiger partial charge in [-0.1, -0.05) is 11.6 Å². The third-order valence-electron chi connectivity index (χ3n) is 2.58. The highest BCUT2D eigenvalue weighted by Crippen LogP contribution is 2.27. The van der Waals surface area contributed by atoms with Crippen LogP contribution in [0.4, 0.5) is 5.69 Å². The number of halogens is 1. The van der Waals surface area contributed by atoms with E-state index < -0.39 is 0 Å². The molecule has 0 radical (unpaired) electrons. The van der Waals surface area contributed by atoms with Crippen LogP contribution in [0.3, 0.4) is 0 Å². The van der Waals surface area contributed by atoms with Gasteiger partial charge in [0.25, 0.3) is 0 Å². The second-order valence-corrected chi connectivity index (χ2v) is 4.10. The molecule has 1 amide bonds. The molecule has 0 saturated carbocycles. The number of rotatable bonds is 3. The van der Waals surface area contributed by atoms with Crippen LogP contribution in [0.5, 0.6) is 5.75 Å². The van der Waals surface area contributed by atoms with Gasteiger partial charge in [0.05, 0.1) is 23.7 Å². The maximum absolute atomic E-state index is 11.7. The minimum absolute atomic E-state index is 0.00565. The topological polar surface area (TPSA) is 50.4 Å². The minimum atomic E-state index is -0.00565. The lowest BCUT2D eigenvalue weighted by atomic mass is 10.0. The molecule has 1 heterocycles. The Labute approximate surface area is 98.9 Å². The smallest absolute Gasteiger partial charge is 0.230 e. The Morgan fingerprint density at radius 3 is 2.88 bits per heavy atom. The lowest BCUT2D eigenvalue weighted by molar-refractivity contribution is -0.121. The molecule has 1 aromatic carbocycles. The van der Waals surface area contributed by atoms with Crippen LogP contribution < -0.4 is 15.4 Å². The van der Waals surface area contributed by atoms with Crippen LogP contribution in [-0.2, 0) is 4.79 Å². The molecule has 1 aromatic rings. The quantitative estimate of drug-likeness (QED) is 0.842. The summed E-state index contributed by atoms with van der Waals surface area (Å²) in [6.07, 6.45) is 0. The molecule has 2 N–H and O–H groups in total. The first-order valence-corrected chi connectivity index (χ1v) is 5.43. The summed E-state index contributed by atoms with van der Waals surface area (Å²) >= 11 is 5.98. The highest BCUT2D eigenvalue weighted by molar-refractivity contribution is 6.33. The number of carbonyl (C=O) groups excluding carboxylic acids is 1.